The first-order valence-electron chi connectivity index (χ1n) is 6.72. The molecular weight excluding hydrogens is 278 g/mol. The molecular formula is C14H21NO4S. The van der Waals surface area contributed by atoms with Crippen LogP contribution >= 0.6 is 0 Å². The molecule has 0 aliphatic carbocycles. The van der Waals surface area contributed by atoms with Gasteiger partial charge in [-0.25, -0.2) is 8.42 Å². The Bertz CT molecular complexity index is 538. The summed E-state index contributed by atoms with van der Waals surface area (Å²) in [6.07, 6.45) is 1.56. The molecule has 0 aromatic heterocycles. The quantitative estimate of drug-likeness (QED) is 0.856. The van der Waals surface area contributed by atoms with E-state index in [2.05, 4.69) is 0 Å². The van der Waals surface area contributed by atoms with Gasteiger partial charge in [-0.2, -0.15) is 0 Å². The largest absolute Gasteiger partial charge is 0.496 e. The van der Waals surface area contributed by atoms with Crippen LogP contribution in [0.25, 0.3) is 0 Å². The highest BCUT2D eigenvalue weighted by Gasteiger charge is 2.26. The summed E-state index contributed by atoms with van der Waals surface area (Å²) in [5, 5.41) is 0. The maximum atomic E-state index is 12.2. The number of para-hydroxylation sites is 1. The van der Waals surface area contributed by atoms with Crippen LogP contribution in [-0.4, -0.2) is 39.7 Å². The van der Waals surface area contributed by atoms with Gasteiger partial charge in [0.1, 0.15) is 5.75 Å². The van der Waals surface area contributed by atoms with Crippen LogP contribution in [0, 0.1) is 0 Å². The summed E-state index contributed by atoms with van der Waals surface area (Å²) in [5.74, 6) is 0.579. The van der Waals surface area contributed by atoms with Crippen LogP contribution in [0.3, 0.4) is 0 Å². The van der Waals surface area contributed by atoms with Crippen molar-refractivity contribution in [1.29, 1.82) is 0 Å². The molecule has 0 spiro atoms. The van der Waals surface area contributed by atoms with Crippen molar-refractivity contribution in [3.63, 3.8) is 0 Å². The van der Waals surface area contributed by atoms with Gasteiger partial charge in [0, 0.05) is 18.2 Å². The second-order valence-electron chi connectivity index (χ2n) is 5.06. The highest BCUT2D eigenvalue weighted by atomic mass is 32.2. The molecule has 112 valence electrons. The molecule has 20 heavy (non-hydrogen) atoms. The van der Waals surface area contributed by atoms with Gasteiger partial charge < -0.3 is 15.2 Å². The Balaban J connectivity index is 2.04. The molecule has 5 nitrogen and oxygen atoms in total. The molecule has 6 heteroatoms. The molecule has 1 aliphatic rings. The number of sulfone groups is 1. The van der Waals surface area contributed by atoms with E-state index in [4.69, 9.17) is 15.2 Å². The lowest BCUT2D eigenvalue weighted by Crippen LogP contribution is -2.28. The van der Waals surface area contributed by atoms with Crippen molar-refractivity contribution in [2.24, 2.45) is 5.73 Å². The van der Waals surface area contributed by atoms with Gasteiger partial charge in [-0.1, -0.05) is 18.2 Å². The highest BCUT2D eigenvalue weighted by Crippen LogP contribution is 2.25. The molecule has 1 heterocycles. The first kappa shape index (κ1) is 15.3. The summed E-state index contributed by atoms with van der Waals surface area (Å²) in [6, 6.07) is 6.64. The van der Waals surface area contributed by atoms with Crippen molar-refractivity contribution in [3.05, 3.63) is 29.8 Å². The molecule has 2 N–H and O–H groups in total. The van der Waals surface area contributed by atoms with Gasteiger partial charge in [-0.05, 0) is 18.9 Å². The van der Waals surface area contributed by atoms with Crippen LogP contribution in [0.1, 0.15) is 24.4 Å². The molecule has 2 rings (SSSR count). The van der Waals surface area contributed by atoms with Gasteiger partial charge in [-0.15, -0.1) is 0 Å². The van der Waals surface area contributed by atoms with Gasteiger partial charge in [0.05, 0.1) is 24.7 Å². The minimum absolute atomic E-state index is 0.0514. The minimum Gasteiger partial charge on any atom is -0.496 e. The zero-order valence-corrected chi connectivity index (χ0v) is 12.4. The number of nitrogens with two attached hydrogens (primary N) is 1. The molecule has 1 aromatic carbocycles. The zero-order chi connectivity index (χ0) is 14.6. The summed E-state index contributed by atoms with van der Waals surface area (Å²) in [5.41, 5.74) is 6.75. The van der Waals surface area contributed by atoms with Crippen LogP contribution in [0.5, 0.6) is 5.75 Å². The van der Waals surface area contributed by atoms with Crippen LogP contribution < -0.4 is 10.5 Å². The first-order chi connectivity index (χ1) is 9.52. The van der Waals surface area contributed by atoms with E-state index in [1.54, 1.807) is 19.2 Å². The van der Waals surface area contributed by atoms with Crippen LogP contribution in [0.15, 0.2) is 24.3 Å². The molecule has 0 radical (unpaired) electrons. The fraction of sp³-hybridized carbons (Fsp3) is 0.571. The summed E-state index contributed by atoms with van der Waals surface area (Å²) >= 11 is 0. The number of ether oxygens (including phenoxy) is 2. The second kappa shape index (κ2) is 6.56. The minimum atomic E-state index is -3.24. The normalized spacial score (nSPS) is 20.8. The predicted molar refractivity (Wildman–Crippen MR) is 77.6 cm³/mol. The standard InChI is InChI=1S/C14H21NO4S/c1-18-14-7-3-2-6-12(14)13(15)10-20(16,17)9-11-5-4-8-19-11/h2-3,6-7,11,13H,4-5,8-10,15H2,1H3. The summed E-state index contributed by atoms with van der Waals surface area (Å²) < 4.78 is 34.9. The van der Waals surface area contributed by atoms with Crippen molar-refractivity contribution in [3.8, 4) is 5.75 Å². The van der Waals surface area contributed by atoms with E-state index >= 15 is 0 Å². The molecule has 0 saturated carbocycles. The average molecular weight is 299 g/mol. The van der Waals surface area contributed by atoms with Gasteiger partial charge in [-0.3, -0.25) is 0 Å². The molecule has 1 aromatic rings. The van der Waals surface area contributed by atoms with Crippen molar-refractivity contribution in [2.75, 3.05) is 25.2 Å². The van der Waals surface area contributed by atoms with Crippen molar-refractivity contribution < 1.29 is 17.9 Å². The second-order valence-corrected chi connectivity index (χ2v) is 7.21. The Kier molecular flexibility index (Phi) is 5.01. The Morgan fingerprint density at radius 3 is 2.85 bits per heavy atom. The summed E-state index contributed by atoms with van der Waals surface area (Å²) in [6.45, 7) is 0.652. The third-order valence-electron chi connectivity index (χ3n) is 3.44. The van der Waals surface area contributed by atoms with Crippen LogP contribution in [-0.2, 0) is 14.6 Å². The highest BCUT2D eigenvalue weighted by molar-refractivity contribution is 7.91. The third-order valence-corrected chi connectivity index (χ3v) is 5.18. The Morgan fingerprint density at radius 1 is 1.45 bits per heavy atom. The lowest BCUT2D eigenvalue weighted by atomic mass is 10.1. The van der Waals surface area contributed by atoms with Crippen LogP contribution in [0.4, 0.5) is 0 Å². The first-order valence-corrected chi connectivity index (χ1v) is 8.54. The Labute approximate surface area is 120 Å². The fourth-order valence-corrected chi connectivity index (χ4v) is 4.16. The van der Waals surface area contributed by atoms with Gasteiger partial charge in [0.15, 0.2) is 9.84 Å². The molecule has 1 fully saturated rings. The number of rotatable bonds is 6. The van der Waals surface area contributed by atoms with Gasteiger partial charge in [0.2, 0.25) is 0 Å². The molecule has 0 amide bonds. The van der Waals surface area contributed by atoms with E-state index in [1.165, 1.54) is 0 Å². The maximum Gasteiger partial charge on any atom is 0.154 e. The van der Waals surface area contributed by atoms with E-state index in [0.717, 1.165) is 12.8 Å². The SMILES string of the molecule is COc1ccccc1C(N)CS(=O)(=O)CC1CCCO1. The van der Waals surface area contributed by atoms with Gasteiger partial charge in [0.25, 0.3) is 0 Å². The Morgan fingerprint density at radius 2 is 2.20 bits per heavy atom. The lowest BCUT2D eigenvalue weighted by molar-refractivity contribution is 0.127. The topological polar surface area (TPSA) is 78.6 Å². The van der Waals surface area contributed by atoms with E-state index < -0.39 is 15.9 Å². The average Bonchev–Trinajstić information content (AvgIpc) is 2.90. The maximum absolute atomic E-state index is 12.2. The van der Waals surface area contributed by atoms with Crippen molar-refractivity contribution in [1.82, 2.24) is 0 Å². The predicted octanol–water partition coefficient (Wildman–Crippen LogP) is 1.29. The number of methoxy groups -OCH3 is 1. The van der Waals surface area contributed by atoms with E-state index in [9.17, 15) is 8.42 Å². The van der Waals surface area contributed by atoms with E-state index in [-0.39, 0.29) is 17.6 Å². The molecule has 0 bridgehead atoms. The zero-order valence-electron chi connectivity index (χ0n) is 11.6. The number of hydrogen-bond donors (Lipinski definition) is 1. The van der Waals surface area contributed by atoms with Crippen molar-refractivity contribution >= 4 is 9.84 Å². The molecule has 1 saturated heterocycles. The smallest absolute Gasteiger partial charge is 0.154 e. The summed E-state index contributed by atoms with van der Waals surface area (Å²) in [4.78, 5) is 0. The van der Waals surface area contributed by atoms with E-state index in [1.807, 2.05) is 12.1 Å². The molecule has 2 atom stereocenters. The van der Waals surface area contributed by atoms with Crippen LogP contribution in [0.2, 0.25) is 0 Å². The van der Waals surface area contributed by atoms with Gasteiger partial charge >= 0.3 is 0 Å². The number of hydrogen-bond acceptors (Lipinski definition) is 5. The van der Waals surface area contributed by atoms with Crippen molar-refractivity contribution in [2.45, 2.75) is 25.0 Å². The third kappa shape index (κ3) is 3.94. The molecule has 1 aliphatic heterocycles. The fourth-order valence-electron chi connectivity index (χ4n) is 2.46. The summed E-state index contributed by atoms with van der Waals surface area (Å²) in [7, 11) is -1.69. The molecule has 2 unspecified atom stereocenters. The Hall–Kier alpha value is -1.11. The van der Waals surface area contributed by atoms with E-state index in [0.29, 0.717) is 17.9 Å². The number of benzene rings is 1. The monoisotopic (exact) mass is 299 g/mol. The lowest BCUT2D eigenvalue weighted by Gasteiger charge is -2.17.